The summed E-state index contributed by atoms with van der Waals surface area (Å²) in [6, 6.07) is 0. The molecule has 1 N–H and O–H groups in total. The zero-order valence-electron chi connectivity index (χ0n) is 5.50. The molecule has 4 heteroatoms. The van der Waals surface area contributed by atoms with E-state index in [-0.39, 0.29) is 0 Å². The summed E-state index contributed by atoms with van der Waals surface area (Å²) in [6.07, 6.45) is 3.39. The van der Waals surface area contributed by atoms with Gasteiger partial charge in [-0.2, -0.15) is 5.10 Å². The van der Waals surface area contributed by atoms with Crippen LogP contribution in [0.1, 0.15) is 5.82 Å². The first kappa shape index (κ1) is 5.34. The van der Waals surface area contributed by atoms with Crippen molar-refractivity contribution in [1.29, 1.82) is 0 Å². The Morgan fingerprint density at radius 1 is 1.30 bits per heavy atom. The number of hydrogen-bond acceptors (Lipinski definition) is 3. The lowest BCUT2D eigenvalue weighted by molar-refractivity contribution is 1.02. The number of aryl methyl sites for hydroxylation is 1. The highest BCUT2D eigenvalue weighted by Gasteiger charge is 2.05. The van der Waals surface area contributed by atoms with Crippen molar-refractivity contribution in [3.05, 3.63) is 18.2 Å². The zero-order valence-corrected chi connectivity index (χ0v) is 5.50. The molecule has 0 amide bonds. The van der Waals surface area contributed by atoms with Gasteiger partial charge in [0.2, 0.25) is 0 Å². The summed E-state index contributed by atoms with van der Waals surface area (Å²) in [5, 5.41) is 6.49. The third-order valence-corrected chi connectivity index (χ3v) is 1.29. The van der Waals surface area contributed by atoms with E-state index >= 15 is 0 Å². The minimum Gasteiger partial charge on any atom is -0.283 e. The van der Waals surface area contributed by atoms with Crippen LogP contribution >= 0.6 is 0 Å². The number of imidazole rings is 1. The molecule has 2 rings (SSSR count). The van der Waals surface area contributed by atoms with Crippen LogP contribution in [0, 0.1) is 6.92 Å². The molecule has 2 aliphatic heterocycles. The van der Waals surface area contributed by atoms with Crippen LogP contribution in [0.2, 0.25) is 0 Å². The Morgan fingerprint density at radius 3 is 2.90 bits per heavy atom. The summed E-state index contributed by atoms with van der Waals surface area (Å²) >= 11 is 0. The maximum Gasteiger partial charge on any atom is 0.126 e. The van der Waals surface area contributed by atoms with Crippen LogP contribution in [-0.4, -0.2) is 20.2 Å². The molecule has 0 spiro atoms. The summed E-state index contributed by atoms with van der Waals surface area (Å²) in [5.41, 5.74) is 1.71. The molecule has 0 bridgehead atoms. The second kappa shape index (κ2) is 1.76. The first-order valence-electron chi connectivity index (χ1n) is 2.99. The lowest BCUT2D eigenvalue weighted by atomic mass is 10.4. The van der Waals surface area contributed by atoms with Crippen molar-refractivity contribution < 1.29 is 0 Å². The molecular weight excluding hydrogens is 128 g/mol. The average molecular weight is 134 g/mol. The van der Waals surface area contributed by atoms with Crippen LogP contribution in [0.5, 0.6) is 0 Å². The third kappa shape index (κ3) is 0.655. The summed E-state index contributed by atoms with van der Waals surface area (Å²) in [7, 11) is 0. The van der Waals surface area contributed by atoms with E-state index in [1.54, 1.807) is 12.4 Å². The number of hydrogen-bond donors (Lipinski definition) is 1. The van der Waals surface area contributed by atoms with Crippen molar-refractivity contribution in [3.8, 4) is 11.4 Å². The van der Waals surface area contributed by atoms with Gasteiger partial charge in [-0.05, 0) is 6.92 Å². The fourth-order valence-electron chi connectivity index (χ4n) is 0.886. The van der Waals surface area contributed by atoms with Crippen molar-refractivity contribution in [3.63, 3.8) is 0 Å². The van der Waals surface area contributed by atoms with Gasteiger partial charge in [-0.1, -0.05) is 0 Å². The molecule has 0 saturated carbocycles. The lowest BCUT2D eigenvalue weighted by Gasteiger charge is -1.88. The number of nitrogens with zero attached hydrogens (tertiary/aromatic N) is 3. The molecule has 0 atom stereocenters. The molecule has 0 radical (unpaired) electrons. The van der Waals surface area contributed by atoms with E-state index in [2.05, 4.69) is 20.2 Å². The molecule has 0 unspecified atom stereocenters. The van der Waals surface area contributed by atoms with Crippen LogP contribution in [0.25, 0.3) is 11.4 Å². The molecule has 2 heterocycles. The number of H-pyrrole nitrogens is 1. The van der Waals surface area contributed by atoms with Gasteiger partial charge in [0.25, 0.3) is 0 Å². The molecule has 0 aromatic rings. The van der Waals surface area contributed by atoms with Gasteiger partial charge in [0.1, 0.15) is 17.2 Å². The van der Waals surface area contributed by atoms with E-state index in [0.717, 1.165) is 17.2 Å². The van der Waals surface area contributed by atoms with Gasteiger partial charge >= 0.3 is 0 Å². The Labute approximate surface area is 57.7 Å². The molecule has 0 saturated heterocycles. The zero-order chi connectivity index (χ0) is 6.97. The second-order valence-corrected chi connectivity index (χ2v) is 2.07. The van der Waals surface area contributed by atoms with Crippen LogP contribution in [0.3, 0.4) is 0 Å². The molecule has 0 aromatic carbocycles. The molecule has 50 valence electrons. The fourth-order valence-corrected chi connectivity index (χ4v) is 0.886. The van der Waals surface area contributed by atoms with Gasteiger partial charge in [-0.25, -0.2) is 9.97 Å². The molecule has 10 heavy (non-hydrogen) atoms. The Kier molecular flexibility index (Phi) is 0.943. The number of fused-ring (bicyclic) bond motifs is 1. The Hall–Kier alpha value is -1.45. The maximum absolute atomic E-state index is 4.13. The van der Waals surface area contributed by atoms with E-state index in [1.165, 1.54) is 0 Å². The predicted molar refractivity (Wildman–Crippen MR) is 35.5 cm³/mol. The predicted octanol–water partition coefficient (Wildman–Crippen LogP) is 0.613. The summed E-state index contributed by atoms with van der Waals surface area (Å²) in [6.45, 7) is 1.86. The van der Waals surface area contributed by atoms with E-state index in [9.17, 15) is 0 Å². The first-order valence-corrected chi connectivity index (χ1v) is 2.99. The quantitative estimate of drug-likeness (QED) is 0.574. The molecule has 2 aliphatic rings. The smallest absolute Gasteiger partial charge is 0.126 e. The number of rotatable bonds is 0. The van der Waals surface area contributed by atoms with Crippen molar-refractivity contribution in [1.82, 2.24) is 20.2 Å². The van der Waals surface area contributed by atoms with Gasteiger partial charge in [-0.3, -0.25) is 5.10 Å². The maximum atomic E-state index is 4.13. The standard InChI is InChI=1S/C6H6N4/c1-4-9-5-2-7-8-3-6(5)10-4/h2-3,7H,1H3. The van der Waals surface area contributed by atoms with Crippen molar-refractivity contribution in [2.45, 2.75) is 6.92 Å². The monoisotopic (exact) mass is 134 g/mol. The highest BCUT2D eigenvalue weighted by atomic mass is 15.1. The SMILES string of the molecule is Cc1nc2cn[nH]cc-2n1. The first-order chi connectivity index (χ1) is 4.86. The molecular formula is C6H6N4. The topological polar surface area (TPSA) is 54.5 Å². The van der Waals surface area contributed by atoms with Gasteiger partial charge in [0.05, 0.1) is 6.20 Å². The van der Waals surface area contributed by atoms with E-state index in [4.69, 9.17) is 0 Å². The molecule has 0 aliphatic carbocycles. The van der Waals surface area contributed by atoms with Crippen LogP contribution in [0.15, 0.2) is 12.4 Å². The van der Waals surface area contributed by atoms with E-state index in [1.807, 2.05) is 6.92 Å². The van der Waals surface area contributed by atoms with Gasteiger partial charge in [-0.15, -0.1) is 0 Å². The number of nitrogens with one attached hydrogen (secondary N) is 1. The molecule has 0 aromatic heterocycles. The van der Waals surface area contributed by atoms with Gasteiger partial charge < -0.3 is 0 Å². The summed E-state index contributed by atoms with van der Waals surface area (Å²) in [5.74, 6) is 0.788. The van der Waals surface area contributed by atoms with Crippen LogP contribution < -0.4 is 0 Å². The van der Waals surface area contributed by atoms with Crippen molar-refractivity contribution >= 4 is 0 Å². The Morgan fingerprint density at radius 2 is 2.10 bits per heavy atom. The second-order valence-electron chi connectivity index (χ2n) is 2.07. The number of aromatic nitrogens is 4. The normalized spacial score (nSPS) is 10.5. The summed E-state index contributed by atoms with van der Waals surface area (Å²) in [4.78, 5) is 8.25. The van der Waals surface area contributed by atoms with Gasteiger partial charge in [0, 0.05) is 6.20 Å². The third-order valence-electron chi connectivity index (χ3n) is 1.29. The van der Waals surface area contributed by atoms with E-state index < -0.39 is 0 Å². The number of aromatic amines is 1. The average Bonchev–Trinajstić information content (AvgIpc) is 2.27. The lowest BCUT2D eigenvalue weighted by Crippen LogP contribution is -1.83. The van der Waals surface area contributed by atoms with E-state index in [0.29, 0.717) is 0 Å². The Bertz CT molecular complexity index is 284. The minimum atomic E-state index is 0.788. The molecule has 4 nitrogen and oxygen atoms in total. The Balaban J connectivity index is 2.76. The van der Waals surface area contributed by atoms with Crippen LogP contribution in [0.4, 0.5) is 0 Å². The highest BCUT2D eigenvalue weighted by Crippen LogP contribution is 2.13. The minimum absolute atomic E-state index is 0.788. The fraction of sp³-hybridized carbons (Fsp3) is 0.167. The van der Waals surface area contributed by atoms with Crippen LogP contribution in [-0.2, 0) is 0 Å². The largest absolute Gasteiger partial charge is 0.283 e. The molecule has 0 fully saturated rings. The van der Waals surface area contributed by atoms with Gasteiger partial charge in [0.15, 0.2) is 0 Å². The highest BCUT2D eigenvalue weighted by molar-refractivity contribution is 5.52. The summed E-state index contributed by atoms with van der Waals surface area (Å²) < 4.78 is 0. The van der Waals surface area contributed by atoms with Crippen molar-refractivity contribution in [2.24, 2.45) is 0 Å². The van der Waals surface area contributed by atoms with Crippen molar-refractivity contribution in [2.75, 3.05) is 0 Å².